The van der Waals surface area contributed by atoms with Gasteiger partial charge in [-0.25, -0.2) is 0 Å². The molecule has 0 N–H and O–H groups in total. The van der Waals surface area contributed by atoms with Gasteiger partial charge in [-0.05, 0) is 101 Å². The van der Waals surface area contributed by atoms with Gasteiger partial charge in [-0.2, -0.15) is 0 Å². The maximum Gasteiger partial charge on any atom is 0.0640 e. The molecule has 0 saturated carbocycles. The van der Waals surface area contributed by atoms with E-state index in [4.69, 9.17) is 0 Å². The van der Waals surface area contributed by atoms with E-state index in [-0.39, 0.29) is 0 Å². The van der Waals surface area contributed by atoms with E-state index in [9.17, 15) is 0 Å². The van der Waals surface area contributed by atoms with Crippen molar-refractivity contribution in [2.75, 3.05) is 9.80 Å². The van der Waals surface area contributed by atoms with Gasteiger partial charge in [0.05, 0.1) is 32.1 Å². The normalized spacial score (nSPS) is 16.6. The first-order valence-corrected chi connectivity index (χ1v) is 22.4. The van der Waals surface area contributed by atoms with Crippen LogP contribution in [0.3, 0.4) is 0 Å². The molecular weight excluding hydrogens is 753 g/mol. The molecule has 2 aliphatic carbocycles. The molecule has 0 fully saturated rings. The molecule has 11 rings (SSSR count). The zero-order chi connectivity index (χ0) is 39.8. The average Bonchev–Trinajstić information content (AvgIpc) is 3.84. The van der Waals surface area contributed by atoms with E-state index in [2.05, 4.69) is 195 Å². The molecule has 2 atom stereocenters. The van der Waals surface area contributed by atoms with Crippen molar-refractivity contribution in [1.82, 2.24) is 0 Å². The van der Waals surface area contributed by atoms with Crippen molar-refractivity contribution in [3.05, 3.63) is 179 Å². The third-order valence-corrected chi connectivity index (χ3v) is 15.1. The zero-order valence-electron chi connectivity index (χ0n) is 33.6. The average molecular weight is 797 g/mol. The van der Waals surface area contributed by atoms with Gasteiger partial charge < -0.3 is 9.80 Å². The molecule has 2 heterocycles. The Morgan fingerprint density at radius 1 is 0.661 bits per heavy atom. The molecule has 2 nitrogen and oxygen atoms in total. The molecule has 9 aromatic rings. The van der Waals surface area contributed by atoms with E-state index in [1.807, 2.05) is 28.7 Å². The number of nitrogens with zero attached hydrogens (tertiary/aromatic N) is 2. The quantitative estimate of drug-likeness (QED) is 0.141. The highest BCUT2D eigenvalue weighted by atomic mass is 32.1. The summed E-state index contributed by atoms with van der Waals surface area (Å²) in [5, 5.41) is 10.2. The lowest BCUT2D eigenvalue weighted by Crippen LogP contribution is -2.19. The number of fused-ring (bicyclic) bond motifs is 4. The molecule has 2 aromatic heterocycles. The molecule has 2 unspecified atom stereocenters. The number of allylic oxidation sites excluding steroid dienone is 6. The summed E-state index contributed by atoms with van der Waals surface area (Å²) in [7, 11) is 0. The van der Waals surface area contributed by atoms with Crippen LogP contribution in [0, 0.1) is 5.92 Å². The Labute approximate surface area is 354 Å². The molecule has 0 aliphatic heterocycles. The summed E-state index contributed by atoms with van der Waals surface area (Å²) in [6, 6.07) is 43.3. The van der Waals surface area contributed by atoms with Crippen molar-refractivity contribution in [3.8, 4) is 0 Å². The Morgan fingerprint density at radius 2 is 1.32 bits per heavy atom. The van der Waals surface area contributed by atoms with E-state index in [0.29, 0.717) is 11.8 Å². The van der Waals surface area contributed by atoms with E-state index in [1.165, 1.54) is 102 Å². The Kier molecular flexibility index (Phi) is 8.69. The van der Waals surface area contributed by atoms with Crippen LogP contribution in [0.1, 0.15) is 60.4 Å². The fraction of sp³-hybridized carbons (Fsp3) is 0.127. The van der Waals surface area contributed by atoms with E-state index >= 15 is 0 Å². The molecule has 4 heteroatoms. The molecule has 0 radical (unpaired) electrons. The maximum atomic E-state index is 4.20. The highest BCUT2D eigenvalue weighted by Crippen LogP contribution is 2.52. The molecule has 0 saturated heterocycles. The summed E-state index contributed by atoms with van der Waals surface area (Å²) in [6.07, 6.45) is 20.1. The SMILES string of the molecule is C=Cc1sc2c(N(c3ccccc3)c3ccc4ccc5c(N(C6=CC=CC(C)C6)c6cccc7c8c(sc67)C(C)CC=C8)ccc6ccc3c4c65)cccc2c1/C=C\C. The topological polar surface area (TPSA) is 6.48 Å². The number of anilines is 5. The van der Waals surface area contributed by atoms with Crippen molar-refractivity contribution in [3.63, 3.8) is 0 Å². The predicted octanol–water partition coefficient (Wildman–Crippen LogP) is 17.3. The zero-order valence-corrected chi connectivity index (χ0v) is 35.2. The van der Waals surface area contributed by atoms with Crippen LogP contribution < -0.4 is 9.80 Å². The number of thiophene rings is 2. The molecule has 286 valence electrons. The minimum Gasteiger partial charge on any atom is -0.312 e. The minimum atomic E-state index is 0.451. The highest BCUT2D eigenvalue weighted by Gasteiger charge is 2.27. The summed E-state index contributed by atoms with van der Waals surface area (Å²) in [5.41, 5.74) is 9.92. The third-order valence-electron chi connectivity index (χ3n) is 12.4. The van der Waals surface area contributed by atoms with Gasteiger partial charge in [0.2, 0.25) is 0 Å². The smallest absolute Gasteiger partial charge is 0.0640 e. The van der Waals surface area contributed by atoms with Crippen LogP contribution in [-0.2, 0) is 0 Å². The number of benzene rings is 7. The van der Waals surface area contributed by atoms with E-state index < -0.39 is 0 Å². The van der Waals surface area contributed by atoms with Gasteiger partial charge in [-0.15, -0.1) is 22.7 Å². The first-order chi connectivity index (χ1) is 29.0. The maximum absolute atomic E-state index is 4.20. The Hall–Kier alpha value is -6.20. The molecule has 0 bridgehead atoms. The lowest BCUT2D eigenvalue weighted by Gasteiger charge is -2.32. The van der Waals surface area contributed by atoms with Gasteiger partial charge >= 0.3 is 0 Å². The van der Waals surface area contributed by atoms with Gasteiger partial charge in [0.25, 0.3) is 0 Å². The van der Waals surface area contributed by atoms with Crippen LogP contribution in [0.25, 0.3) is 70.7 Å². The first kappa shape index (κ1) is 35.9. The molecule has 7 aromatic carbocycles. The predicted molar refractivity (Wildman–Crippen MR) is 262 cm³/mol. The third kappa shape index (κ3) is 5.65. The van der Waals surface area contributed by atoms with Crippen LogP contribution in [0.5, 0.6) is 0 Å². The molecule has 0 amide bonds. The summed E-state index contributed by atoms with van der Waals surface area (Å²) in [6.45, 7) is 11.0. The summed E-state index contributed by atoms with van der Waals surface area (Å²) in [4.78, 5) is 7.76. The van der Waals surface area contributed by atoms with Gasteiger partial charge in [-0.3, -0.25) is 0 Å². The van der Waals surface area contributed by atoms with Gasteiger partial charge in [0.15, 0.2) is 0 Å². The minimum absolute atomic E-state index is 0.451. The Balaban J connectivity index is 1.17. The summed E-state index contributed by atoms with van der Waals surface area (Å²) < 4.78 is 2.62. The summed E-state index contributed by atoms with van der Waals surface area (Å²) in [5.74, 6) is 0.975. The second-order valence-electron chi connectivity index (χ2n) is 16.1. The summed E-state index contributed by atoms with van der Waals surface area (Å²) >= 11 is 3.81. The number of para-hydroxylation sites is 1. The Bertz CT molecular complexity index is 3240. The van der Waals surface area contributed by atoms with Crippen molar-refractivity contribution in [2.24, 2.45) is 5.92 Å². The lowest BCUT2D eigenvalue weighted by atomic mass is 9.91. The fourth-order valence-corrected chi connectivity index (χ4v) is 12.2. The van der Waals surface area contributed by atoms with Gasteiger partial charge in [-0.1, -0.05) is 142 Å². The van der Waals surface area contributed by atoms with Crippen LogP contribution in [-0.4, -0.2) is 0 Å². The van der Waals surface area contributed by atoms with Crippen LogP contribution in [0.15, 0.2) is 158 Å². The molecular formula is C55H44N2S2. The molecule has 59 heavy (non-hydrogen) atoms. The second-order valence-corrected chi connectivity index (χ2v) is 18.2. The standard InChI is InChI=1S/C55H44N2S2/c1-5-14-40-41-21-12-23-48(54(41)58-50(40)6-2)56(38-17-8-7-9-18-38)46-31-27-36-26-30-45-47(32-28-37-25-29-44(46)51(36)52(37)45)57(39-19-10-15-34(3)33-39)49-24-13-22-43-42-20-11-16-35(4)53(42)59-55(43)49/h5-15,17-32,34-35H,2,16,33H2,1,3-4H3/b14-5-. The van der Waals surface area contributed by atoms with Gasteiger partial charge in [0, 0.05) is 48.2 Å². The molecule has 2 aliphatic rings. The number of rotatable bonds is 8. The first-order valence-electron chi connectivity index (χ1n) is 20.8. The molecule has 0 spiro atoms. The highest BCUT2D eigenvalue weighted by molar-refractivity contribution is 7.21. The number of hydrogen-bond donors (Lipinski definition) is 0. The van der Waals surface area contributed by atoms with Crippen LogP contribution in [0.2, 0.25) is 0 Å². The van der Waals surface area contributed by atoms with Crippen molar-refractivity contribution >= 4 is 122 Å². The second kappa shape index (κ2) is 14.3. The van der Waals surface area contributed by atoms with Crippen LogP contribution >= 0.6 is 22.7 Å². The fourth-order valence-electron chi connectivity index (χ4n) is 9.73. The number of hydrogen-bond acceptors (Lipinski definition) is 4. The van der Waals surface area contributed by atoms with Crippen molar-refractivity contribution < 1.29 is 0 Å². The van der Waals surface area contributed by atoms with Gasteiger partial charge in [0.1, 0.15) is 0 Å². The largest absolute Gasteiger partial charge is 0.312 e. The van der Waals surface area contributed by atoms with Crippen molar-refractivity contribution in [2.45, 2.75) is 39.5 Å². The van der Waals surface area contributed by atoms with Crippen molar-refractivity contribution in [1.29, 1.82) is 0 Å². The van der Waals surface area contributed by atoms with E-state index in [1.54, 1.807) is 0 Å². The van der Waals surface area contributed by atoms with Crippen LogP contribution in [0.4, 0.5) is 28.4 Å². The monoisotopic (exact) mass is 796 g/mol. The lowest BCUT2D eigenvalue weighted by molar-refractivity contribution is 0.697. The Morgan fingerprint density at radius 3 is 2.02 bits per heavy atom. The van der Waals surface area contributed by atoms with E-state index in [0.717, 1.165) is 18.5 Å².